The number of piperidine rings is 1. The molecule has 0 spiro atoms. The molecule has 0 unspecified atom stereocenters. The van der Waals surface area contributed by atoms with E-state index in [4.69, 9.17) is 0 Å². The van der Waals surface area contributed by atoms with Crippen LogP contribution in [0.15, 0.2) is 30.0 Å². The Morgan fingerprint density at radius 1 is 1.32 bits per heavy atom. The van der Waals surface area contributed by atoms with Crippen LogP contribution in [-0.2, 0) is 0 Å². The van der Waals surface area contributed by atoms with Crippen LogP contribution in [0.3, 0.4) is 0 Å². The molecule has 1 amide bonds. The van der Waals surface area contributed by atoms with Gasteiger partial charge in [-0.25, -0.2) is 0 Å². The standard InChI is InChI=1S/C17H21N3OS/c1-12(2)16-9-14(11-22-16)17(21)20-7-3-13(4-8-20)15-10-18-5-6-19-15/h5-6,9-13H,3-4,7-8H2,1-2H3. The zero-order valence-corrected chi connectivity index (χ0v) is 13.8. The zero-order chi connectivity index (χ0) is 15.5. The molecule has 3 heterocycles. The van der Waals surface area contributed by atoms with Gasteiger partial charge in [0.25, 0.3) is 5.91 Å². The molecule has 0 saturated carbocycles. The van der Waals surface area contributed by atoms with E-state index >= 15 is 0 Å². The second-order valence-corrected chi connectivity index (χ2v) is 7.03. The number of likely N-dealkylation sites (tertiary alicyclic amines) is 1. The second kappa shape index (κ2) is 6.57. The van der Waals surface area contributed by atoms with Crippen molar-refractivity contribution in [3.05, 3.63) is 46.2 Å². The van der Waals surface area contributed by atoms with E-state index in [0.29, 0.717) is 11.8 Å². The summed E-state index contributed by atoms with van der Waals surface area (Å²) in [5.41, 5.74) is 1.89. The smallest absolute Gasteiger partial charge is 0.254 e. The Hall–Kier alpha value is -1.75. The molecule has 22 heavy (non-hydrogen) atoms. The Morgan fingerprint density at radius 2 is 2.09 bits per heavy atom. The van der Waals surface area contributed by atoms with Gasteiger partial charge in [-0.2, -0.15) is 0 Å². The first-order valence-electron chi connectivity index (χ1n) is 7.78. The molecule has 2 aromatic heterocycles. The summed E-state index contributed by atoms with van der Waals surface area (Å²) in [6, 6.07) is 2.05. The number of nitrogens with zero attached hydrogens (tertiary/aromatic N) is 3. The molecule has 0 N–H and O–H groups in total. The van der Waals surface area contributed by atoms with Gasteiger partial charge in [0.15, 0.2) is 0 Å². The van der Waals surface area contributed by atoms with Crippen LogP contribution in [0, 0.1) is 0 Å². The second-order valence-electron chi connectivity index (χ2n) is 6.09. The monoisotopic (exact) mass is 315 g/mol. The highest BCUT2D eigenvalue weighted by molar-refractivity contribution is 7.10. The van der Waals surface area contributed by atoms with Crippen LogP contribution in [0.4, 0.5) is 0 Å². The maximum absolute atomic E-state index is 12.6. The maximum Gasteiger partial charge on any atom is 0.254 e. The van der Waals surface area contributed by atoms with Gasteiger partial charge in [0.2, 0.25) is 0 Å². The first-order valence-corrected chi connectivity index (χ1v) is 8.66. The Balaban J connectivity index is 1.62. The SMILES string of the molecule is CC(C)c1cc(C(=O)N2CCC(c3cnccn3)CC2)cs1. The van der Waals surface area contributed by atoms with Crippen LogP contribution < -0.4 is 0 Å². The number of hydrogen-bond donors (Lipinski definition) is 0. The predicted octanol–water partition coefficient (Wildman–Crippen LogP) is 3.68. The van der Waals surface area contributed by atoms with Crippen molar-refractivity contribution in [2.24, 2.45) is 0 Å². The molecule has 116 valence electrons. The van der Waals surface area contributed by atoms with E-state index in [1.807, 2.05) is 22.5 Å². The molecule has 0 bridgehead atoms. The van der Waals surface area contributed by atoms with Crippen molar-refractivity contribution in [3.8, 4) is 0 Å². The molecule has 3 rings (SSSR count). The van der Waals surface area contributed by atoms with E-state index < -0.39 is 0 Å². The molecule has 5 heteroatoms. The molecule has 1 saturated heterocycles. The van der Waals surface area contributed by atoms with E-state index in [9.17, 15) is 4.79 Å². The molecule has 1 fully saturated rings. The normalized spacial score (nSPS) is 16.2. The summed E-state index contributed by atoms with van der Waals surface area (Å²) < 4.78 is 0. The van der Waals surface area contributed by atoms with Crippen LogP contribution in [0.2, 0.25) is 0 Å². The summed E-state index contributed by atoms with van der Waals surface area (Å²) in [6.07, 6.45) is 7.21. The van der Waals surface area contributed by atoms with Crippen molar-refractivity contribution in [2.45, 2.75) is 38.5 Å². The Morgan fingerprint density at radius 3 is 2.68 bits per heavy atom. The van der Waals surface area contributed by atoms with Gasteiger partial charge in [-0.05, 0) is 24.8 Å². The molecular formula is C17H21N3OS. The highest BCUT2D eigenvalue weighted by Crippen LogP contribution is 2.28. The van der Waals surface area contributed by atoms with Gasteiger partial charge >= 0.3 is 0 Å². The van der Waals surface area contributed by atoms with E-state index in [1.165, 1.54) is 4.88 Å². The lowest BCUT2D eigenvalue weighted by atomic mass is 9.93. The molecule has 0 aliphatic carbocycles. The third-order valence-electron chi connectivity index (χ3n) is 4.22. The van der Waals surface area contributed by atoms with Crippen LogP contribution in [0.25, 0.3) is 0 Å². The van der Waals surface area contributed by atoms with Gasteiger partial charge in [-0.3, -0.25) is 14.8 Å². The number of thiophene rings is 1. The highest BCUT2D eigenvalue weighted by atomic mass is 32.1. The quantitative estimate of drug-likeness (QED) is 0.868. The topological polar surface area (TPSA) is 46.1 Å². The summed E-state index contributed by atoms with van der Waals surface area (Å²) in [7, 11) is 0. The fourth-order valence-corrected chi connectivity index (χ4v) is 3.75. The Kier molecular flexibility index (Phi) is 4.52. The molecule has 0 radical (unpaired) electrons. The van der Waals surface area contributed by atoms with Crippen LogP contribution in [0.5, 0.6) is 0 Å². The summed E-state index contributed by atoms with van der Waals surface area (Å²) in [4.78, 5) is 24.4. The highest BCUT2D eigenvalue weighted by Gasteiger charge is 2.26. The summed E-state index contributed by atoms with van der Waals surface area (Å²) >= 11 is 1.68. The molecule has 1 aliphatic rings. The van der Waals surface area contributed by atoms with Gasteiger partial charge in [0.1, 0.15) is 0 Å². The van der Waals surface area contributed by atoms with E-state index in [0.717, 1.165) is 37.2 Å². The first-order chi connectivity index (χ1) is 10.6. The maximum atomic E-state index is 12.6. The van der Waals surface area contributed by atoms with Crippen molar-refractivity contribution in [1.29, 1.82) is 0 Å². The summed E-state index contributed by atoms with van der Waals surface area (Å²) in [5.74, 6) is 1.07. The minimum absolute atomic E-state index is 0.167. The minimum atomic E-state index is 0.167. The van der Waals surface area contributed by atoms with Crippen LogP contribution in [0.1, 0.15) is 59.5 Å². The van der Waals surface area contributed by atoms with Gasteiger partial charge in [-0.1, -0.05) is 13.8 Å². The first kappa shape index (κ1) is 15.2. The van der Waals surface area contributed by atoms with Gasteiger partial charge < -0.3 is 4.90 Å². The largest absolute Gasteiger partial charge is 0.339 e. The van der Waals surface area contributed by atoms with Gasteiger partial charge in [0, 0.05) is 47.9 Å². The average molecular weight is 315 g/mol. The number of carbonyl (C=O) groups is 1. The fraction of sp³-hybridized carbons (Fsp3) is 0.471. The van der Waals surface area contributed by atoms with Crippen molar-refractivity contribution < 1.29 is 4.79 Å². The molecule has 0 aromatic carbocycles. The number of hydrogen-bond acceptors (Lipinski definition) is 4. The number of rotatable bonds is 3. The van der Waals surface area contributed by atoms with E-state index in [1.54, 1.807) is 23.7 Å². The summed E-state index contributed by atoms with van der Waals surface area (Å²) in [6.45, 7) is 5.92. The Bertz CT molecular complexity index is 630. The predicted molar refractivity (Wildman–Crippen MR) is 88.3 cm³/mol. The molecule has 0 atom stereocenters. The zero-order valence-electron chi connectivity index (χ0n) is 13.0. The van der Waals surface area contributed by atoms with E-state index in [2.05, 4.69) is 23.8 Å². The number of amides is 1. The third-order valence-corrected chi connectivity index (χ3v) is 5.45. The minimum Gasteiger partial charge on any atom is -0.339 e. The van der Waals surface area contributed by atoms with Gasteiger partial charge in [-0.15, -0.1) is 11.3 Å². The van der Waals surface area contributed by atoms with Crippen molar-refractivity contribution in [2.75, 3.05) is 13.1 Å². The van der Waals surface area contributed by atoms with Crippen molar-refractivity contribution in [3.63, 3.8) is 0 Å². The average Bonchev–Trinajstić information content (AvgIpc) is 3.05. The lowest BCUT2D eigenvalue weighted by molar-refractivity contribution is 0.0712. The molecular weight excluding hydrogens is 294 g/mol. The molecule has 1 aliphatic heterocycles. The lowest BCUT2D eigenvalue weighted by Crippen LogP contribution is -2.37. The number of aromatic nitrogens is 2. The van der Waals surface area contributed by atoms with Crippen molar-refractivity contribution in [1.82, 2.24) is 14.9 Å². The lowest BCUT2D eigenvalue weighted by Gasteiger charge is -2.31. The van der Waals surface area contributed by atoms with Crippen LogP contribution >= 0.6 is 11.3 Å². The van der Waals surface area contributed by atoms with Gasteiger partial charge in [0.05, 0.1) is 11.3 Å². The van der Waals surface area contributed by atoms with E-state index in [-0.39, 0.29) is 5.91 Å². The van der Waals surface area contributed by atoms with Crippen LogP contribution in [-0.4, -0.2) is 33.9 Å². The molecule has 4 nitrogen and oxygen atoms in total. The van der Waals surface area contributed by atoms with Crippen molar-refractivity contribution >= 4 is 17.2 Å². The molecule has 2 aromatic rings. The third kappa shape index (κ3) is 3.19. The Labute approximate surface area is 135 Å². The summed E-state index contributed by atoms with van der Waals surface area (Å²) in [5, 5.41) is 1.99. The fourth-order valence-electron chi connectivity index (χ4n) is 2.85. The number of carbonyl (C=O) groups excluding carboxylic acids is 1.